The molecule has 0 spiro atoms. The van der Waals surface area contributed by atoms with Gasteiger partial charge in [0.1, 0.15) is 6.04 Å². The third-order valence-electron chi connectivity index (χ3n) is 3.14. The van der Waals surface area contributed by atoms with Gasteiger partial charge in [0, 0.05) is 24.3 Å². The van der Waals surface area contributed by atoms with Gasteiger partial charge < -0.3 is 4.90 Å². The molecule has 0 N–H and O–H groups in total. The van der Waals surface area contributed by atoms with Crippen molar-refractivity contribution < 1.29 is 4.79 Å². The van der Waals surface area contributed by atoms with E-state index in [1.807, 2.05) is 13.8 Å². The van der Waals surface area contributed by atoms with Gasteiger partial charge in [-0.25, -0.2) is 4.98 Å². The van der Waals surface area contributed by atoms with Crippen molar-refractivity contribution in [2.24, 2.45) is 0 Å². The Morgan fingerprint density at radius 1 is 1.41 bits per heavy atom. The Morgan fingerprint density at radius 2 is 2.12 bits per heavy atom. The maximum atomic E-state index is 12.1. The maximum Gasteiger partial charge on any atom is 0.254 e. The van der Waals surface area contributed by atoms with Gasteiger partial charge in [-0.2, -0.15) is 0 Å². The highest BCUT2D eigenvalue weighted by atomic mass is 16.2. The lowest BCUT2D eigenvalue weighted by molar-refractivity contribution is -0.131. The normalized spacial score (nSPS) is 20.4. The molecule has 0 radical (unpaired) electrons. The van der Waals surface area contributed by atoms with E-state index in [1.54, 1.807) is 11.8 Å². The van der Waals surface area contributed by atoms with Crippen LogP contribution in [0.2, 0.25) is 0 Å². The van der Waals surface area contributed by atoms with Crippen molar-refractivity contribution >= 4 is 5.91 Å². The van der Waals surface area contributed by atoms with Crippen LogP contribution in [0.4, 0.5) is 0 Å². The molecule has 5 heteroatoms. The Kier molecular flexibility index (Phi) is 3.00. The number of aromatic nitrogens is 2. The smallest absolute Gasteiger partial charge is 0.254 e. The number of amides is 1. The van der Waals surface area contributed by atoms with Crippen LogP contribution in [-0.4, -0.2) is 32.9 Å². The van der Waals surface area contributed by atoms with Gasteiger partial charge in [-0.15, -0.1) is 0 Å². The first-order valence-electron chi connectivity index (χ1n) is 5.86. The van der Waals surface area contributed by atoms with Crippen molar-refractivity contribution in [2.75, 3.05) is 6.54 Å². The predicted molar refractivity (Wildman–Crippen MR) is 63.7 cm³/mol. The van der Waals surface area contributed by atoms with E-state index in [2.05, 4.69) is 4.98 Å². The SMILES string of the molecule is Cc1cc(=O)n(C2CCN(C(C)C)C2=O)cn1. The molecule has 1 aliphatic heterocycles. The molecule has 5 nitrogen and oxygen atoms in total. The Morgan fingerprint density at radius 3 is 2.65 bits per heavy atom. The van der Waals surface area contributed by atoms with Crippen LogP contribution in [-0.2, 0) is 4.79 Å². The van der Waals surface area contributed by atoms with Gasteiger partial charge in [-0.1, -0.05) is 0 Å². The molecule has 1 fully saturated rings. The van der Waals surface area contributed by atoms with Gasteiger partial charge in [0.25, 0.3) is 5.56 Å². The molecule has 1 aromatic heterocycles. The lowest BCUT2D eigenvalue weighted by Crippen LogP contribution is -2.36. The summed E-state index contributed by atoms with van der Waals surface area (Å²) < 4.78 is 1.44. The molecule has 0 saturated carbocycles. The Labute approximate surface area is 100 Å². The van der Waals surface area contributed by atoms with Gasteiger partial charge in [0.05, 0.1) is 6.33 Å². The fourth-order valence-electron chi connectivity index (χ4n) is 2.19. The molecule has 2 heterocycles. The summed E-state index contributed by atoms with van der Waals surface area (Å²) in [6.45, 7) is 6.44. The van der Waals surface area contributed by atoms with Gasteiger partial charge in [-0.05, 0) is 27.2 Å². The quantitative estimate of drug-likeness (QED) is 0.759. The monoisotopic (exact) mass is 235 g/mol. The number of rotatable bonds is 2. The topological polar surface area (TPSA) is 55.2 Å². The van der Waals surface area contributed by atoms with E-state index in [1.165, 1.54) is 17.0 Å². The number of hydrogen-bond acceptors (Lipinski definition) is 3. The third kappa shape index (κ3) is 2.09. The molecule has 0 bridgehead atoms. The highest BCUT2D eigenvalue weighted by Gasteiger charge is 2.34. The second-order valence-electron chi connectivity index (χ2n) is 4.71. The van der Waals surface area contributed by atoms with Gasteiger partial charge >= 0.3 is 0 Å². The van der Waals surface area contributed by atoms with Crippen molar-refractivity contribution in [1.29, 1.82) is 0 Å². The molecule has 1 aromatic rings. The number of nitrogens with zero attached hydrogens (tertiary/aromatic N) is 3. The van der Waals surface area contributed by atoms with E-state index >= 15 is 0 Å². The van der Waals surface area contributed by atoms with Crippen molar-refractivity contribution in [3.8, 4) is 0 Å². The Bertz CT molecular complexity index is 493. The van der Waals surface area contributed by atoms with Crippen LogP contribution in [0.3, 0.4) is 0 Å². The minimum atomic E-state index is -0.377. The molecular weight excluding hydrogens is 218 g/mol. The van der Waals surface area contributed by atoms with E-state index < -0.39 is 0 Å². The van der Waals surface area contributed by atoms with Crippen molar-refractivity contribution in [1.82, 2.24) is 14.5 Å². The van der Waals surface area contributed by atoms with E-state index in [9.17, 15) is 9.59 Å². The first-order chi connectivity index (χ1) is 8.00. The first-order valence-corrected chi connectivity index (χ1v) is 5.86. The minimum Gasteiger partial charge on any atom is -0.338 e. The highest BCUT2D eigenvalue weighted by Crippen LogP contribution is 2.23. The molecule has 1 unspecified atom stereocenters. The number of carbonyl (C=O) groups excluding carboxylic acids is 1. The zero-order valence-corrected chi connectivity index (χ0v) is 10.4. The molecule has 0 aromatic carbocycles. The molecule has 2 rings (SSSR count). The Hall–Kier alpha value is -1.65. The molecule has 1 atom stereocenters. The van der Waals surface area contributed by atoms with Crippen LogP contribution in [0.5, 0.6) is 0 Å². The van der Waals surface area contributed by atoms with E-state index in [4.69, 9.17) is 0 Å². The van der Waals surface area contributed by atoms with Crippen LogP contribution in [0, 0.1) is 6.92 Å². The van der Waals surface area contributed by atoms with Crippen LogP contribution in [0.1, 0.15) is 32.0 Å². The summed E-state index contributed by atoms with van der Waals surface area (Å²) in [5.41, 5.74) is 0.527. The second-order valence-corrected chi connectivity index (χ2v) is 4.71. The molecular formula is C12H17N3O2. The summed E-state index contributed by atoms with van der Waals surface area (Å²) in [6, 6.07) is 1.27. The van der Waals surface area contributed by atoms with Crippen molar-refractivity contribution in [3.05, 3.63) is 28.4 Å². The lowest BCUT2D eigenvalue weighted by atomic mass is 10.2. The van der Waals surface area contributed by atoms with Crippen molar-refractivity contribution in [2.45, 2.75) is 39.3 Å². The number of likely N-dealkylation sites (tertiary alicyclic amines) is 1. The van der Waals surface area contributed by atoms with E-state index in [0.717, 1.165) is 0 Å². The molecule has 1 aliphatic rings. The summed E-state index contributed by atoms with van der Waals surface area (Å²) in [7, 11) is 0. The standard InChI is InChI=1S/C12H17N3O2/c1-8(2)14-5-4-10(12(14)17)15-7-13-9(3)6-11(15)16/h6-8,10H,4-5H2,1-3H3. The summed E-state index contributed by atoms with van der Waals surface area (Å²) in [5, 5.41) is 0. The average molecular weight is 235 g/mol. The van der Waals surface area contributed by atoms with Crippen LogP contribution in [0.15, 0.2) is 17.2 Å². The van der Waals surface area contributed by atoms with Crippen LogP contribution >= 0.6 is 0 Å². The van der Waals surface area contributed by atoms with Crippen LogP contribution in [0.25, 0.3) is 0 Å². The second kappa shape index (κ2) is 4.31. The highest BCUT2D eigenvalue weighted by molar-refractivity contribution is 5.82. The minimum absolute atomic E-state index is 0.0211. The predicted octanol–water partition coefficient (Wildman–Crippen LogP) is 0.734. The van der Waals surface area contributed by atoms with Gasteiger partial charge in [0.15, 0.2) is 0 Å². The summed E-state index contributed by atoms with van der Waals surface area (Å²) >= 11 is 0. The van der Waals surface area contributed by atoms with Gasteiger partial charge in [0.2, 0.25) is 5.91 Å². The fourth-order valence-corrected chi connectivity index (χ4v) is 2.19. The fraction of sp³-hybridized carbons (Fsp3) is 0.583. The number of hydrogen-bond donors (Lipinski definition) is 0. The third-order valence-corrected chi connectivity index (χ3v) is 3.14. The van der Waals surface area contributed by atoms with Gasteiger partial charge in [-0.3, -0.25) is 14.2 Å². The summed E-state index contributed by atoms with van der Waals surface area (Å²) in [5.74, 6) is 0.0211. The number of aryl methyl sites for hydroxylation is 1. The largest absolute Gasteiger partial charge is 0.338 e. The zero-order chi connectivity index (χ0) is 12.6. The maximum absolute atomic E-state index is 12.1. The molecule has 17 heavy (non-hydrogen) atoms. The summed E-state index contributed by atoms with van der Waals surface area (Å²) in [4.78, 5) is 29.8. The molecule has 1 amide bonds. The van der Waals surface area contributed by atoms with E-state index in [-0.39, 0.29) is 23.6 Å². The number of carbonyl (C=O) groups is 1. The van der Waals surface area contributed by atoms with Crippen LogP contribution < -0.4 is 5.56 Å². The Balaban J connectivity index is 2.31. The molecule has 1 saturated heterocycles. The first kappa shape index (κ1) is 11.8. The molecule has 92 valence electrons. The summed E-state index contributed by atoms with van der Waals surface area (Å²) in [6.07, 6.45) is 2.16. The molecule has 0 aliphatic carbocycles. The zero-order valence-electron chi connectivity index (χ0n) is 10.4. The van der Waals surface area contributed by atoms with Crippen molar-refractivity contribution in [3.63, 3.8) is 0 Å². The average Bonchev–Trinajstić information content (AvgIpc) is 2.60. The van der Waals surface area contributed by atoms with E-state index in [0.29, 0.717) is 18.7 Å². The lowest BCUT2D eigenvalue weighted by Gasteiger charge is -2.21.